The highest BCUT2D eigenvalue weighted by molar-refractivity contribution is 7.09. The van der Waals surface area contributed by atoms with Crippen LogP contribution < -0.4 is 5.32 Å². The van der Waals surface area contributed by atoms with Crippen molar-refractivity contribution >= 4 is 23.2 Å². The molecule has 0 aromatic carbocycles. The van der Waals surface area contributed by atoms with Gasteiger partial charge in [0.05, 0.1) is 5.01 Å². The van der Waals surface area contributed by atoms with Gasteiger partial charge >= 0.3 is 5.97 Å². The molecule has 7 heteroatoms. The molecule has 2 rings (SSSR count). The van der Waals surface area contributed by atoms with Gasteiger partial charge in [-0.3, -0.25) is 4.79 Å². The van der Waals surface area contributed by atoms with Crippen molar-refractivity contribution in [3.05, 3.63) is 40.1 Å². The van der Waals surface area contributed by atoms with Gasteiger partial charge in [-0.25, -0.2) is 9.78 Å². The van der Waals surface area contributed by atoms with Crippen LogP contribution in [0.1, 0.15) is 26.0 Å². The highest BCUT2D eigenvalue weighted by Crippen LogP contribution is 2.09. The highest BCUT2D eigenvalue weighted by atomic mass is 32.1. The van der Waals surface area contributed by atoms with Gasteiger partial charge in [0.1, 0.15) is 5.69 Å². The molecule has 94 valence electrons. The van der Waals surface area contributed by atoms with Crippen molar-refractivity contribution in [2.24, 2.45) is 0 Å². The number of nitrogens with zero attached hydrogens (tertiary/aromatic N) is 1. The molecule has 0 spiro atoms. The highest BCUT2D eigenvalue weighted by Gasteiger charge is 2.09. The lowest BCUT2D eigenvalue weighted by molar-refractivity contribution is 0.0690. The third-order valence-electron chi connectivity index (χ3n) is 2.24. The zero-order valence-electron chi connectivity index (χ0n) is 9.34. The van der Waals surface area contributed by atoms with E-state index in [9.17, 15) is 9.59 Å². The van der Waals surface area contributed by atoms with E-state index in [1.807, 2.05) is 0 Å². The Morgan fingerprint density at radius 3 is 2.94 bits per heavy atom. The molecule has 2 aromatic heterocycles. The van der Waals surface area contributed by atoms with Gasteiger partial charge in [-0.05, 0) is 12.1 Å². The Morgan fingerprint density at radius 2 is 2.33 bits per heavy atom. The number of amides is 1. The van der Waals surface area contributed by atoms with Crippen LogP contribution in [0.4, 0.5) is 0 Å². The lowest BCUT2D eigenvalue weighted by Gasteiger charge is -2.01. The van der Waals surface area contributed by atoms with Gasteiger partial charge in [-0.15, -0.1) is 11.3 Å². The summed E-state index contributed by atoms with van der Waals surface area (Å²) in [6.07, 6.45) is 2.19. The Morgan fingerprint density at radius 1 is 1.50 bits per heavy atom. The Kier molecular flexibility index (Phi) is 3.73. The van der Waals surface area contributed by atoms with E-state index in [-0.39, 0.29) is 11.6 Å². The lowest BCUT2D eigenvalue weighted by Crippen LogP contribution is -2.25. The molecule has 0 saturated heterocycles. The van der Waals surface area contributed by atoms with Gasteiger partial charge < -0.3 is 15.4 Å². The molecule has 0 bridgehead atoms. The second-order valence-electron chi connectivity index (χ2n) is 3.52. The van der Waals surface area contributed by atoms with Crippen molar-refractivity contribution in [2.45, 2.75) is 6.42 Å². The molecule has 0 saturated carbocycles. The Balaban J connectivity index is 1.81. The first kappa shape index (κ1) is 12.3. The molecular formula is C11H11N3O3S. The minimum Gasteiger partial charge on any atom is -0.476 e. The number of H-pyrrole nitrogens is 1. The van der Waals surface area contributed by atoms with E-state index in [0.29, 0.717) is 23.7 Å². The molecular weight excluding hydrogens is 254 g/mol. The molecule has 0 unspecified atom stereocenters. The predicted molar refractivity (Wildman–Crippen MR) is 65.9 cm³/mol. The van der Waals surface area contributed by atoms with Crippen LogP contribution in [0.15, 0.2) is 23.7 Å². The number of aromatic nitrogens is 2. The van der Waals surface area contributed by atoms with Crippen molar-refractivity contribution in [2.75, 3.05) is 6.54 Å². The van der Waals surface area contributed by atoms with Gasteiger partial charge in [0, 0.05) is 24.5 Å². The molecule has 1 amide bonds. The van der Waals surface area contributed by atoms with Crippen molar-refractivity contribution < 1.29 is 14.7 Å². The van der Waals surface area contributed by atoms with Gasteiger partial charge in [0.15, 0.2) is 5.69 Å². The smallest absolute Gasteiger partial charge is 0.355 e. The summed E-state index contributed by atoms with van der Waals surface area (Å²) in [7, 11) is 0. The van der Waals surface area contributed by atoms with Crippen LogP contribution in [-0.2, 0) is 6.42 Å². The van der Waals surface area contributed by atoms with E-state index in [4.69, 9.17) is 5.11 Å². The molecule has 2 heterocycles. The maximum atomic E-state index is 11.6. The topological polar surface area (TPSA) is 95.1 Å². The summed E-state index contributed by atoms with van der Waals surface area (Å²) in [4.78, 5) is 28.9. The second kappa shape index (κ2) is 5.46. The molecule has 18 heavy (non-hydrogen) atoms. The molecule has 6 nitrogen and oxygen atoms in total. The minimum absolute atomic E-state index is 0.0469. The summed E-state index contributed by atoms with van der Waals surface area (Å²) < 4.78 is 0. The number of aromatic amines is 1. The van der Waals surface area contributed by atoms with E-state index < -0.39 is 5.97 Å². The van der Waals surface area contributed by atoms with Crippen molar-refractivity contribution in [1.82, 2.24) is 15.3 Å². The van der Waals surface area contributed by atoms with Gasteiger partial charge in [0.2, 0.25) is 0 Å². The molecule has 0 atom stereocenters. The summed E-state index contributed by atoms with van der Waals surface area (Å²) >= 11 is 1.28. The zero-order valence-corrected chi connectivity index (χ0v) is 10.2. The maximum absolute atomic E-state index is 11.6. The SMILES string of the molecule is O=C(O)c1csc(CCNC(=O)c2ccc[nH]2)n1. The summed E-state index contributed by atoms with van der Waals surface area (Å²) in [6, 6.07) is 3.43. The fourth-order valence-corrected chi connectivity index (χ4v) is 2.15. The van der Waals surface area contributed by atoms with Crippen molar-refractivity contribution in [1.29, 1.82) is 0 Å². The predicted octanol–water partition coefficient (Wildman–Crippen LogP) is 1.14. The lowest BCUT2D eigenvalue weighted by atomic mass is 10.4. The average molecular weight is 265 g/mol. The van der Waals surface area contributed by atoms with E-state index in [1.165, 1.54) is 16.7 Å². The first-order valence-electron chi connectivity index (χ1n) is 5.26. The van der Waals surface area contributed by atoms with Gasteiger partial charge in [0.25, 0.3) is 5.91 Å². The Labute approximate surface area is 107 Å². The van der Waals surface area contributed by atoms with E-state index in [2.05, 4.69) is 15.3 Å². The monoisotopic (exact) mass is 265 g/mol. The third kappa shape index (κ3) is 2.95. The van der Waals surface area contributed by atoms with Crippen LogP contribution in [-0.4, -0.2) is 33.5 Å². The number of carboxylic acids is 1. The van der Waals surface area contributed by atoms with E-state index in [0.717, 1.165) is 0 Å². The van der Waals surface area contributed by atoms with E-state index in [1.54, 1.807) is 18.3 Å². The molecule has 0 radical (unpaired) electrons. The normalized spacial score (nSPS) is 10.2. The fraction of sp³-hybridized carbons (Fsp3) is 0.182. The van der Waals surface area contributed by atoms with E-state index >= 15 is 0 Å². The van der Waals surface area contributed by atoms with Gasteiger partial charge in [-0.1, -0.05) is 0 Å². The number of carbonyl (C=O) groups excluding carboxylic acids is 1. The van der Waals surface area contributed by atoms with Crippen molar-refractivity contribution in [3.8, 4) is 0 Å². The number of nitrogens with one attached hydrogen (secondary N) is 2. The largest absolute Gasteiger partial charge is 0.476 e. The number of hydrogen-bond acceptors (Lipinski definition) is 4. The minimum atomic E-state index is -1.03. The fourth-order valence-electron chi connectivity index (χ4n) is 1.37. The first-order chi connectivity index (χ1) is 8.66. The molecule has 0 aliphatic rings. The number of carboxylic acid groups (broad SMARTS) is 1. The number of thiazole rings is 1. The Bertz CT molecular complexity index is 548. The summed E-state index contributed by atoms with van der Waals surface area (Å²) in [5.41, 5.74) is 0.547. The quantitative estimate of drug-likeness (QED) is 0.755. The van der Waals surface area contributed by atoms with Crippen LogP contribution in [0.3, 0.4) is 0 Å². The Hall–Kier alpha value is -2.15. The molecule has 3 N–H and O–H groups in total. The van der Waals surface area contributed by atoms with Crippen molar-refractivity contribution in [3.63, 3.8) is 0 Å². The summed E-state index contributed by atoms with van der Waals surface area (Å²) in [5.74, 6) is -1.22. The molecule has 2 aromatic rings. The zero-order chi connectivity index (χ0) is 13.0. The molecule has 0 aliphatic heterocycles. The first-order valence-corrected chi connectivity index (χ1v) is 6.14. The average Bonchev–Trinajstić information content (AvgIpc) is 3.00. The standard InChI is InChI=1S/C11H11N3O3S/c15-10(7-2-1-4-12-7)13-5-3-9-14-8(6-18-9)11(16)17/h1-2,4,6,12H,3,5H2,(H,13,15)(H,16,17). The van der Waals surface area contributed by atoms with Crippen LogP contribution >= 0.6 is 11.3 Å². The number of hydrogen-bond donors (Lipinski definition) is 3. The van der Waals surface area contributed by atoms with Gasteiger partial charge in [-0.2, -0.15) is 0 Å². The third-order valence-corrected chi connectivity index (χ3v) is 3.15. The number of rotatable bonds is 5. The van der Waals surface area contributed by atoms with Crippen LogP contribution in [0.5, 0.6) is 0 Å². The maximum Gasteiger partial charge on any atom is 0.355 e. The summed E-state index contributed by atoms with van der Waals surface area (Å²) in [5, 5.41) is 13.6. The number of carbonyl (C=O) groups is 2. The summed E-state index contributed by atoms with van der Waals surface area (Å²) in [6.45, 7) is 0.421. The molecule has 0 fully saturated rings. The van der Waals surface area contributed by atoms with Crippen LogP contribution in [0.25, 0.3) is 0 Å². The van der Waals surface area contributed by atoms with Crippen LogP contribution in [0.2, 0.25) is 0 Å². The number of aromatic carboxylic acids is 1. The molecule has 0 aliphatic carbocycles. The van der Waals surface area contributed by atoms with Crippen LogP contribution in [0, 0.1) is 0 Å². The second-order valence-corrected chi connectivity index (χ2v) is 4.46.